The molecule has 0 aliphatic heterocycles. The average molecular weight is 266 g/mol. The van der Waals surface area contributed by atoms with E-state index in [4.69, 9.17) is 10.6 Å². The first kappa shape index (κ1) is 8.60. The first-order valence-electron chi connectivity index (χ1n) is 6.27. The van der Waals surface area contributed by atoms with Gasteiger partial charge in [0.15, 0.2) is 15.4 Å². The number of halogens is 1. The van der Waals surface area contributed by atoms with E-state index in [0.29, 0.717) is 6.92 Å². The summed E-state index contributed by atoms with van der Waals surface area (Å²) in [6.45, 7) is 0.701. The normalized spacial score (nSPS) is 18.5. The van der Waals surface area contributed by atoms with Crippen LogP contribution in [0.2, 0.25) is 0 Å². The van der Waals surface area contributed by atoms with Gasteiger partial charge in [0.05, 0.1) is 16.1 Å². The molecule has 0 saturated carbocycles. The molecule has 17 heavy (non-hydrogen) atoms. The second-order valence-electron chi connectivity index (χ2n) is 3.48. The van der Waals surface area contributed by atoms with Crippen molar-refractivity contribution in [3.05, 3.63) is 30.0 Å². The Bertz CT molecular complexity index is 688. The molecule has 0 fully saturated rings. The van der Waals surface area contributed by atoms with E-state index in [0.717, 1.165) is 0 Å². The van der Waals surface area contributed by atoms with Crippen LogP contribution in [0.3, 0.4) is 0 Å². The summed E-state index contributed by atoms with van der Waals surface area (Å²) in [6, 6.07) is -4.70. The van der Waals surface area contributed by atoms with Crippen LogP contribution >= 0.6 is 0 Å². The molecule has 7 heteroatoms. The van der Waals surface area contributed by atoms with Gasteiger partial charge in [-0.2, -0.15) is 0 Å². The highest BCUT2D eigenvalue weighted by atomic mass is 32.2. The van der Waals surface area contributed by atoms with Gasteiger partial charge in [0, 0.05) is 0 Å². The molecule has 1 atom stereocenters. The van der Waals surface area contributed by atoms with Crippen LogP contribution in [0.1, 0.15) is 12.4 Å². The monoisotopic (exact) mass is 266 g/mol. The summed E-state index contributed by atoms with van der Waals surface area (Å²) >= 11 is 0. The molecule has 0 aromatic heterocycles. The summed E-state index contributed by atoms with van der Waals surface area (Å²) in [6.07, 6.45) is 0. The topological polar surface area (TPSA) is 91.7 Å². The Balaban J connectivity index is 3.58. The minimum atomic E-state index is -4.70. The van der Waals surface area contributed by atoms with E-state index in [2.05, 4.69) is 0 Å². The largest absolute Gasteiger partial charge is 0.479 e. The summed E-state index contributed by atoms with van der Waals surface area (Å²) in [7, 11) is -4.70. The van der Waals surface area contributed by atoms with E-state index in [-0.39, 0.29) is 0 Å². The molecule has 2 N–H and O–H groups in total. The summed E-state index contributed by atoms with van der Waals surface area (Å²) in [5.74, 6) is -4.74. The van der Waals surface area contributed by atoms with Crippen LogP contribution in [0.4, 0.5) is 4.39 Å². The molecule has 1 unspecified atom stereocenters. The van der Waals surface area contributed by atoms with Crippen LogP contribution in [-0.2, 0) is 14.6 Å². The number of aliphatic hydroxyl groups is 1. The Morgan fingerprint density at radius 3 is 2.35 bits per heavy atom. The molecule has 0 spiro atoms. The fourth-order valence-electron chi connectivity index (χ4n) is 0.945. The van der Waals surface area contributed by atoms with Crippen molar-refractivity contribution in [1.29, 1.82) is 0 Å². The van der Waals surface area contributed by atoms with Gasteiger partial charge in [-0.15, -0.1) is 0 Å². The molecule has 5 nitrogen and oxygen atoms in total. The second kappa shape index (κ2) is 4.42. The lowest BCUT2D eigenvalue weighted by Crippen LogP contribution is -2.41. The molecule has 1 rings (SSSR count). The Hall–Kier alpha value is -1.47. The maximum Gasteiger partial charge on any atom is 0.336 e. The summed E-state index contributed by atoms with van der Waals surface area (Å²) < 4.78 is 66.7. The highest BCUT2D eigenvalue weighted by molar-refractivity contribution is 7.91. The lowest BCUT2D eigenvalue weighted by Gasteiger charge is -2.17. The van der Waals surface area contributed by atoms with Crippen molar-refractivity contribution >= 4 is 15.8 Å². The summed E-state index contributed by atoms with van der Waals surface area (Å²) in [5.41, 5.74) is -2.70. The van der Waals surface area contributed by atoms with Crippen LogP contribution in [0, 0.1) is 5.82 Å². The van der Waals surface area contributed by atoms with Crippen molar-refractivity contribution in [2.24, 2.45) is 0 Å². The minimum absolute atomic E-state index is 0.701. The maximum absolute atomic E-state index is 13.3. The van der Waals surface area contributed by atoms with Gasteiger partial charge >= 0.3 is 5.97 Å². The molecule has 0 bridgehead atoms. The fourth-order valence-corrected chi connectivity index (χ4v) is 2.37. The van der Waals surface area contributed by atoms with Gasteiger partial charge in [-0.3, -0.25) is 0 Å². The quantitative estimate of drug-likeness (QED) is 0.771. The molecule has 0 amide bonds. The Labute approximate surface area is 103 Å². The van der Waals surface area contributed by atoms with Crippen molar-refractivity contribution in [2.75, 3.05) is 5.75 Å². The lowest BCUT2D eigenvalue weighted by molar-refractivity contribution is -0.154. The van der Waals surface area contributed by atoms with Crippen molar-refractivity contribution < 1.29 is 33.3 Å². The number of aliphatic carboxylic acids is 1. The molecule has 1 aromatic rings. The van der Waals surface area contributed by atoms with E-state index >= 15 is 0 Å². The predicted molar refractivity (Wildman–Crippen MR) is 56.7 cm³/mol. The van der Waals surface area contributed by atoms with Crippen LogP contribution < -0.4 is 0 Å². The van der Waals surface area contributed by atoms with Gasteiger partial charge < -0.3 is 10.2 Å². The zero-order valence-electron chi connectivity index (χ0n) is 12.6. The van der Waals surface area contributed by atoms with Crippen LogP contribution in [0.25, 0.3) is 0 Å². The standard InChI is InChI=1S/C10H11FO5S/c1-10(14,9(12)13)6-17(15,16)8-4-2-7(11)3-5-8/h2-5,14H,6H2,1H3,(H,12,13)/i2D,3D,4D,5D. The number of hydrogen-bond donors (Lipinski definition) is 2. The molecule has 94 valence electrons. The van der Waals surface area contributed by atoms with Gasteiger partial charge in [-0.1, -0.05) is 0 Å². The molecule has 0 saturated heterocycles. The number of hydrogen-bond acceptors (Lipinski definition) is 4. The van der Waals surface area contributed by atoms with Gasteiger partial charge in [0.1, 0.15) is 5.82 Å². The van der Waals surface area contributed by atoms with Gasteiger partial charge in [0.25, 0.3) is 0 Å². The molecule has 0 heterocycles. The first-order chi connectivity index (χ1) is 9.33. The summed E-state index contributed by atoms with van der Waals surface area (Å²) in [5, 5.41) is 18.2. The first-order valence-corrected chi connectivity index (χ1v) is 5.92. The van der Waals surface area contributed by atoms with Crippen molar-refractivity contribution in [1.82, 2.24) is 0 Å². The number of rotatable bonds is 4. The maximum atomic E-state index is 13.3. The molecule has 0 aliphatic rings. The van der Waals surface area contributed by atoms with Crippen molar-refractivity contribution in [3.63, 3.8) is 0 Å². The zero-order chi connectivity index (χ0) is 16.7. The molecule has 1 aromatic carbocycles. The third-order valence-corrected chi connectivity index (χ3v) is 3.58. The lowest BCUT2D eigenvalue weighted by atomic mass is 10.1. The van der Waals surface area contributed by atoms with Crippen LogP contribution in [-0.4, -0.2) is 36.0 Å². The number of carboxylic acids is 1. The highest BCUT2D eigenvalue weighted by Gasteiger charge is 2.36. The minimum Gasteiger partial charge on any atom is -0.479 e. The Kier molecular flexibility index (Phi) is 2.24. The Morgan fingerprint density at radius 1 is 1.47 bits per heavy atom. The number of carboxylic acid groups (broad SMARTS) is 1. The third kappa shape index (κ3) is 3.24. The zero-order valence-corrected chi connectivity index (χ0v) is 9.43. The van der Waals surface area contributed by atoms with Gasteiger partial charge in [-0.05, 0) is 31.1 Å². The SMILES string of the molecule is [2H]c1c([2H])c(S(=O)(=O)CC(C)(O)C(=O)O)c([2H])c([2H])c1F. The van der Waals surface area contributed by atoms with Gasteiger partial charge in [0.2, 0.25) is 0 Å². The fraction of sp³-hybridized carbons (Fsp3) is 0.300. The Morgan fingerprint density at radius 2 is 1.94 bits per heavy atom. The van der Waals surface area contributed by atoms with E-state index in [1.165, 1.54) is 0 Å². The van der Waals surface area contributed by atoms with E-state index in [9.17, 15) is 22.7 Å². The number of sulfone groups is 1. The molecular weight excluding hydrogens is 251 g/mol. The number of carbonyl (C=O) groups is 1. The van der Waals surface area contributed by atoms with E-state index < -0.39 is 62.0 Å². The average Bonchev–Trinajstić information content (AvgIpc) is 2.32. The third-order valence-electron chi connectivity index (χ3n) is 1.81. The second-order valence-corrected chi connectivity index (χ2v) is 5.41. The molecule has 0 radical (unpaired) electrons. The summed E-state index contributed by atoms with van der Waals surface area (Å²) in [4.78, 5) is 9.59. The van der Waals surface area contributed by atoms with E-state index in [1.54, 1.807) is 0 Å². The van der Waals surface area contributed by atoms with E-state index in [1.807, 2.05) is 0 Å². The highest BCUT2D eigenvalue weighted by Crippen LogP contribution is 2.17. The van der Waals surface area contributed by atoms with Crippen molar-refractivity contribution in [3.8, 4) is 0 Å². The van der Waals surface area contributed by atoms with Crippen molar-refractivity contribution in [2.45, 2.75) is 17.4 Å². The molecule has 0 aliphatic carbocycles. The molecular formula is C10H11FO5S. The van der Waals surface area contributed by atoms with Crippen LogP contribution in [0.15, 0.2) is 29.1 Å². The predicted octanol–water partition coefficient (Wildman–Crippen LogP) is 0.435. The van der Waals surface area contributed by atoms with Gasteiger partial charge in [-0.25, -0.2) is 17.6 Å². The number of benzene rings is 1. The smallest absolute Gasteiger partial charge is 0.336 e. The van der Waals surface area contributed by atoms with Crippen LogP contribution in [0.5, 0.6) is 0 Å².